The minimum Gasteiger partial charge on any atom is -0.465 e. The molecule has 0 bridgehead atoms. The van der Waals surface area contributed by atoms with E-state index in [9.17, 15) is 4.79 Å². The highest BCUT2D eigenvalue weighted by Gasteiger charge is 2.35. The zero-order chi connectivity index (χ0) is 24.0. The molecule has 0 saturated carbocycles. The smallest absolute Gasteiger partial charge is 0.337 e. The van der Waals surface area contributed by atoms with Gasteiger partial charge in [-0.2, -0.15) is 0 Å². The second-order valence-corrected chi connectivity index (χ2v) is 11.7. The predicted octanol–water partition coefficient (Wildman–Crippen LogP) is 7.14. The number of methoxy groups -OCH3 is 1. The van der Waals surface area contributed by atoms with Crippen molar-refractivity contribution in [1.82, 2.24) is 0 Å². The summed E-state index contributed by atoms with van der Waals surface area (Å²) in [6.45, 7) is 12.8. The van der Waals surface area contributed by atoms with Crippen LogP contribution in [0.2, 0.25) is 0 Å². The van der Waals surface area contributed by atoms with E-state index in [-0.39, 0.29) is 16.8 Å². The SMILES string of the molecule is COC(=O)c1cc(C(C)(C)C)c(OP2Oc3ccccc3-c3ccccc32)c(C(C)(C)C)c1. The average molecular weight is 463 g/mol. The molecule has 33 heavy (non-hydrogen) atoms. The van der Waals surface area contributed by atoms with Gasteiger partial charge in [0, 0.05) is 16.7 Å². The third-order valence-corrected chi connectivity index (χ3v) is 7.25. The summed E-state index contributed by atoms with van der Waals surface area (Å²) in [4.78, 5) is 12.5. The first-order valence-corrected chi connectivity index (χ1v) is 12.3. The molecule has 0 spiro atoms. The number of fused-ring (bicyclic) bond motifs is 3. The lowest BCUT2D eigenvalue weighted by Gasteiger charge is -2.33. The Bertz CT molecular complexity index is 1170. The second-order valence-electron chi connectivity index (χ2n) is 10.3. The van der Waals surface area contributed by atoms with Crippen LogP contribution in [0.4, 0.5) is 0 Å². The predicted molar refractivity (Wildman–Crippen MR) is 135 cm³/mol. The van der Waals surface area contributed by atoms with E-state index in [1.165, 1.54) is 7.11 Å². The number of para-hydroxylation sites is 1. The van der Waals surface area contributed by atoms with Crippen molar-refractivity contribution >= 4 is 19.6 Å². The van der Waals surface area contributed by atoms with Crippen LogP contribution in [0.25, 0.3) is 11.1 Å². The first-order chi connectivity index (χ1) is 15.5. The summed E-state index contributed by atoms with van der Waals surface area (Å²) < 4.78 is 18.3. The maximum atomic E-state index is 12.5. The summed E-state index contributed by atoms with van der Waals surface area (Å²) in [6.07, 6.45) is 0. The average Bonchev–Trinajstić information content (AvgIpc) is 2.77. The van der Waals surface area contributed by atoms with Crippen LogP contribution in [0.1, 0.15) is 63.0 Å². The highest BCUT2D eigenvalue weighted by molar-refractivity contribution is 7.57. The van der Waals surface area contributed by atoms with Crippen molar-refractivity contribution in [2.45, 2.75) is 52.4 Å². The zero-order valence-corrected chi connectivity index (χ0v) is 21.2. The van der Waals surface area contributed by atoms with Crippen molar-refractivity contribution in [2.24, 2.45) is 0 Å². The van der Waals surface area contributed by atoms with Crippen molar-refractivity contribution in [3.8, 4) is 22.6 Å². The van der Waals surface area contributed by atoms with E-state index in [0.717, 1.165) is 39.1 Å². The van der Waals surface area contributed by atoms with Gasteiger partial charge in [0.2, 0.25) is 0 Å². The van der Waals surface area contributed by atoms with E-state index in [1.807, 2.05) is 42.5 Å². The van der Waals surface area contributed by atoms with Gasteiger partial charge in [0.05, 0.1) is 18.0 Å². The molecule has 0 fully saturated rings. The van der Waals surface area contributed by atoms with Gasteiger partial charge >= 0.3 is 14.3 Å². The Balaban J connectivity index is 1.90. The van der Waals surface area contributed by atoms with Crippen LogP contribution in [-0.2, 0) is 15.6 Å². The van der Waals surface area contributed by atoms with Crippen LogP contribution >= 0.6 is 8.38 Å². The Morgan fingerprint density at radius 3 is 1.94 bits per heavy atom. The van der Waals surface area contributed by atoms with Crippen molar-refractivity contribution < 1.29 is 18.6 Å². The molecule has 1 aliphatic heterocycles. The molecule has 0 aliphatic carbocycles. The minimum atomic E-state index is -1.42. The molecule has 4 nitrogen and oxygen atoms in total. The van der Waals surface area contributed by atoms with Gasteiger partial charge in [0.1, 0.15) is 11.5 Å². The molecule has 1 aliphatic rings. The number of hydrogen-bond donors (Lipinski definition) is 0. The highest BCUT2D eigenvalue weighted by Crippen LogP contribution is 2.52. The molecule has 3 aromatic rings. The Labute approximate surface area is 197 Å². The molecule has 0 saturated heterocycles. The highest BCUT2D eigenvalue weighted by atomic mass is 31.2. The van der Waals surface area contributed by atoms with E-state index in [4.69, 9.17) is 13.8 Å². The summed E-state index contributed by atoms with van der Waals surface area (Å²) in [5.74, 6) is 1.25. The number of ether oxygens (including phenoxy) is 1. The minimum absolute atomic E-state index is 0.262. The van der Waals surface area contributed by atoms with Gasteiger partial charge in [0.15, 0.2) is 0 Å². The molecule has 1 heterocycles. The van der Waals surface area contributed by atoms with Crippen molar-refractivity contribution in [1.29, 1.82) is 0 Å². The Hall–Kier alpha value is -2.84. The zero-order valence-electron chi connectivity index (χ0n) is 20.4. The normalized spacial score (nSPS) is 15.2. The third-order valence-electron chi connectivity index (χ3n) is 5.76. The molecule has 3 aromatic carbocycles. The van der Waals surface area contributed by atoms with Gasteiger partial charge in [-0.3, -0.25) is 0 Å². The van der Waals surface area contributed by atoms with Gasteiger partial charge in [-0.25, -0.2) is 4.79 Å². The number of carbonyl (C=O) groups excluding carboxylic acids is 1. The lowest BCUT2D eigenvalue weighted by Crippen LogP contribution is -2.23. The monoisotopic (exact) mass is 462 g/mol. The fraction of sp³-hybridized carbons (Fsp3) is 0.321. The van der Waals surface area contributed by atoms with Gasteiger partial charge in [-0.1, -0.05) is 77.9 Å². The summed E-state index contributed by atoms with van der Waals surface area (Å²) >= 11 is 0. The topological polar surface area (TPSA) is 44.8 Å². The van der Waals surface area contributed by atoms with Gasteiger partial charge in [-0.15, -0.1) is 0 Å². The standard InChI is InChI=1S/C28H31O4P/c1-27(2,3)21-16-18(26(29)30-7)17-22(28(4,5)6)25(21)32-33-24-15-11-9-13-20(24)19-12-8-10-14-23(19)31-33/h8-17H,1-7H3. The van der Waals surface area contributed by atoms with Crippen molar-refractivity contribution in [3.05, 3.63) is 77.4 Å². The van der Waals surface area contributed by atoms with E-state index < -0.39 is 8.38 Å². The summed E-state index contributed by atoms with van der Waals surface area (Å²) in [5, 5.41) is 1.04. The summed E-state index contributed by atoms with van der Waals surface area (Å²) in [6, 6.07) is 20.1. The molecule has 0 amide bonds. The van der Waals surface area contributed by atoms with Crippen molar-refractivity contribution in [3.63, 3.8) is 0 Å². The fourth-order valence-corrected chi connectivity index (χ4v) is 5.53. The maximum Gasteiger partial charge on any atom is 0.337 e. The summed E-state index contributed by atoms with van der Waals surface area (Å²) in [5.41, 5.74) is 4.12. The van der Waals surface area contributed by atoms with E-state index in [2.05, 4.69) is 59.7 Å². The van der Waals surface area contributed by atoms with Crippen LogP contribution in [-0.4, -0.2) is 13.1 Å². The van der Waals surface area contributed by atoms with Gasteiger partial charge in [-0.05, 0) is 40.7 Å². The van der Waals surface area contributed by atoms with Crippen LogP contribution in [0.5, 0.6) is 11.5 Å². The molecule has 0 radical (unpaired) electrons. The number of benzene rings is 3. The fourth-order valence-electron chi connectivity index (χ4n) is 4.00. The Morgan fingerprint density at radius 2 is 1.36 bits per heavy atom. The number of esters is 1. The summed E-state index contributed by atoms with van der Waals surface area (Å²) in [7, 11) is -0.0115. The van der Waals surface area contributed by atoms with Crippen LogP contribution < -0.4 is 14.4 Å². The lowest BCUT2D eigenvalue weighted by atomic mass is 9.78. The molecule has 1 unspecified atom stereocenters. The van der Waals surface area contributed by atoms with Gasteiger partial charge < -0.3 is 13.8 Å². The number of carbonyl (C=O) groups is 1. The number of rotatable bonds is 3. The van der Waals surface area contributed by atoms with Crippen LogP contribution in [0.3, 0.4) is 0 Å². The number of hydrogen-bond acceptors (Lipinski definition) is 4. The third kappa shape index (κ3) is 4.50. The second kappa shape index (κ2) is 8.50. The Kier molecular flexibility index (Phi) is 6.01. The first-order valence-electron chi connectivity index (χ1n) is 11.1. The molecule has 0 N–H and O–H groups in total. The first kappa shape index (κ1) is 23.3. The van der Waals surface area contributed by atoms with Gasteiger partial charge in [0.25, 0.3) is 0 Å². The molecular weight excluding hydrogens is 431 g/mol. The molecule has 1 atom stereocenters. The molecule has 4 rings (SSSR count). The largest absolute Gasteiger partial charge is 0.465 e. The van der Waals surface area contributed by atoms with E-state index in [1.54, 1.807) is 0 Å². The molecule has 0 aromatic heterocycles. The van der Waals surface area contributed by atoms with Crippen LogP contribution in [0, 0.1) is 0 Å². The molecule has 5 heteroatoms. The van der Waals surface area contributed by atoms with Crippen molar-refractivity contribution in [2.75, 3.05) is 7.11 Å². The maximum absolute atomic E-state index is 12.5. The lowest BCUT2D eigenvalue weighted by molar-refractivity contribution is 0.0600. The molecule has 172 valence electrons. The van der Waals surface area contributed by atoms with E-state index in [0.29, 0.717) is 5.56 Å². The van der Waals surface area contributed by atoms with Crippen LogP contribution in [0.15, 0.2) is 60.7 Å². The Morgan fingerprint density at radius 1 is 0.818 bits per heavy atom. The quantitative estimate of drug-likeness (QED) is 0.306. The van der Waals surface area contributed by atoms with E-state index >= 15 is 0 Å². The molecular formula is C28H31O4P.